The third-order valence-corrected chi connectivity index (χ3v) is 4.40. The standard InChI is InChI=1S/C12H13N5O3S/c18-11(7-15-8-13-12(14-15)17(19)20)16-5-1-3-9(16)10-4-2-6-21-10/h2,4,6,8-9H,1,3,5,7H2/t9-/m1/s1. The summed E-state index contributed by atoms with van der Waals surface area (Å²) in [7, 11) is 0. The maximum atomic E-state index is 12.4. The second-order valence-corrected chi connectivity index (χ2v) is 5.74. The molecule has 8 nitrogen and oxygen atoms in total. The van der Waals surface area contributed by atoms with Gasteiger partial charge in [0, 0.05) is 16.5 Å². The first-order chi connectivity index (χ1) is 10.1. The first-order valence-corrected chi connectivity index (χ1v) is 7.40. The molecule has 1 aliphatic rings. The van der Waals surface area contributed by atoms with Gasteiger partial charge in [-0.15, -0.1) is 11.3 Å². The molecule has 110 valence electrons. The van der Waals surface area contributed by atoms with Gasteiger partial charge >= 0.3 is 5.95 Å². The van der Waals surface area contributed by atoms with E-state index in [1.54, 1.807) is 11.3 Å². The van der Waals surface area contributed by atoms with Crippen molar-refractivity contribution in [2.75, 3.05) is 6.54 Å². The molecule has 0 aromatic carbocycles. The normalized spacial score (nSPS) is 18.1. The number of amides is 1. The molecule has 2 aromatic rings. The van der Waals surface area contributed by atoms with E-state index in [9.17, 15) is 14.9 Å². The van der Waals surface area contributed by atoms with Crippen molar-refractivity contribution in [3.63, 3.8) is 0 Å². The number of nitrogens with zero attached hydrogens (tertiary/aromatic N) is 5. The minimum Gasteiger partial charge on any atom is -0.390 e. The highest BCUT2D eigenvalue weighted by atomic mass is 32.1. The highest BCUT2D eigenvalue weighted by molar-refractivity contribution is 7.10. The summed E-state index contributed by atoms with van der Waals surface area (Å²) in [5.41, 5.74) is 0. The minimum absolute atomic E-state index is 0.0251. The van der Waals surface area contributed by atoms with E-state index in [0.717, 1.165) is 12.8 Å². The van der Waals surface area contributed by atoms with Crippen LogP contribution in [-0.2, 0) is 11.3 Å². The van der Waals surface area contributed by atoms with Crippen LogP contribution < -0.4 is 0 Å². The number of aromatic nitrogens is 3. The number of rotatable bonds is 4. The Morgan fingerprint density at radius 2 is 2.43 bits per heavy atom. The first-order valence-electron chi connectivity index (χ1n) is 6.52. The predicted octanol–water partition coefficient (Wildman–Crippen LogP) is 1.61. The number of likely N-dealkylation sites (tertiary alicyclic amines) is 1. The molecule has 2 aromatic heterocycles. The maximum absolute atomic E-state index is 12.4. The topological polar surface area (TPSA) is 94.2 Å². The number of nitro groups is 1. The van der Waals surface area contributed by atoms with Gasteiger partial charge in [-0.3, -0.25) is 4.79 Å². The van der Waals surface area contributed by atoms with Crippen molar-refractivity contribution in [3.05, 3.63) is 38.8 Å². The van der Waals surface area contributed by atoms with Gasteiger partial charge in [-0.1, -0.05) is 11.1 Å². The molecule has 1 aliphatic heterocycles. The number of hydrogen-bond donors (Lipinski definition) is 0. The summed E-state index contributed by atoms with van der Waals surface area (Å²) in [6.45, 7) is 0.681. The van der Waals surface area contributed by atoms with E-state index in [1.165, 1.54) is 15.9 Å². The molecule has 9 heteroatoms. The van der Waals surface area contributed by atoms with Gasteiger partial charge in [-0.2, -0.15) is 4.68 Å². The van der Waals surface area contributed by atoms with Gasteiger partial charge in [0.25, 0.3) is 0 Å². The lowest BCUT2D eigenvalue weighted by Crippen LogP contribution is -2.33. The zero-order valence-electron chi connectivity index (χ0n) is 11.1. The fraction of sp³-hybridized carbons (Fsp3) is 0.417. The van der Waals surface area contributed by atoms with Gasteiger partial charge in [-0.25, -0.2) is 0 Å². The van der Waals surface area contributed by atoms with E-state index in [-0.39, 0.29) is 18.5 Å². The Morgan fingerprint density at radius 3 is 3.10 bits per heavy atom. The van der Waals surface area contributed by atoms with Crippen LogP contribution in [0.4, 0.5) is 5.95 Å². The lowest BCUT2D eigenvalue weighted by atomic mass is 10.2. The van der Waals surface area contributed by atoms with Crippen LogP contribution >= 0.6 is 11.3 Å². The van der Waals surface area contributed by atoms with Crippen LogP contribution in [-0.4, -0.2) is 37.0 Å². The third-order valence-electron chi connectivity index (χ3n) is 3.43. The van der Waals surface area contributed by atoms with E-state index in [4.69, 9.17) is 0 Å². The van der Waals surface area contributed by atoms with Gasteiger partial charge in [0.1, 0.15) is 6.54 Å². The summed E-state index contributed by atoms with van der Waals surface area (Å²) in [6, 6.07) is 4.11. The molecular formula is C12H13N5O3S. The molecule has 0 saturated carbocycles. The zero-order chi connectivity index (χ0) is 14.8. The predicted molar refractivity (Wildman–Crippen MR) is 74.7 cm³/mol. The Bertz CT molecular complexity index is 654. The Hall–Kier alpha value is -2.29. The fourth-order valence-electron chi connectivity index (χ4n) is 2.52. The second kappa shape index (κ2) is 5.60. The summed E-state index contributed by atoms with van der Waals surface area (Å²) in [6.07, 6.45) is 3.13. The van der Waals surface area contributed by atoms with Gasteiger partial charge in [0.15, 0.2) is 0 Å². The van der Waals surface area contributed by atoms with Crippen molar-refractivity contribution in [3.8, 4) is 0 Å². The van der Waals surface area contributed by atoms with Crippen LogP contribution in [0.2, 0.25) is 0 Å². The molecule has 1 atom stereocenters. The van der Waals surface area contributed by atoms with Crippen LogP contribution in [0.5, 0.6) is 0 Å². The van der Waals surface area contributed by atoms with Gasteiger partial charge in [0.2, 0.25) is 12.2 Å². The molecule has 0 N–H and O–H groups in total. The van der Waals surface area contributed by atoms with Crippen molar-refractivity contribution >= 4 is 23.2 Å². The Morgan fingerprint density at radius 1 is 1.57 bits per heavy atom. The van der Waals surface area contributed by atoms with Crippen molar-refractivity contribution in [2.45, 2.75) is 25.4 Å². The van der Waals surface area contributed by atoms with Gasteiger partial charge in [0.05, 0.1) is 6.04 Å². The van der Waals surface area contributed by atoms with Crippen molar-refractivity contribution in [1.29, 1.82) is 0 Å². The molecule has 0 bridgehead atoms. The van der Waals surface area contributed by atoms with Crippen molar-refractivity contribution in [1.82, 2.24) is 19.7 Å². The summed E-state index contributed by atoms with van der Waals surface area (Å²) < 4.78 is 1.21. The van der Waals surface area contributed by atoms with Gasteiger partial charge < -0.3 is 15.0 Å². The molecule has 1 amide bonds. The molecule has 1 saturated heterocycles. The highest BCUT2D eigenvalue weighted by Crippen LogP contribution is 2.34. The number of thiophene rings is 1. The van der Waals surface area contributed by atoms with E-state index < -0.39 is 10.9 Å². The average molecular weight is 307 g/mol. The quantitative estimate of drug-likeness (QED) is 0.632. The van der Waals surface area contributed by atoms with Crippen LogP contribution in [0, 0.1) is 10.1 Å². The van der Waals surface area contributed by atoms with Gasteiger partial charge in [-0.05, 0) is 29.2 Å². The summed E-state index contributed by atoms with van der Waals surface area (Å²) in [5.74, 6) is -0.579. The van der Waals surface area contributed by atoms with Crippen molar-refractivity contribution < 1.29 is 9.72 Å². The second-order valence-electron chi connectivity index (χ2n) is 4.76. The van der Waals surface area contributed by atoms with E-state index in [2.05, 4.69) is 10.1 Å². The number of carbonyl (C=O) groups is 1. The molecule has 3 heterocycles. The summed E-state index contributed by atoms with van der Waals surface area (Å²) in [5, 5.41) is 16.2. The zero-order valence-corrected chi connectivity index (χ0v) is 11.9. The largest absolute Gasteiger partial charge is 0.490 e. The Kier molecular flexibility index (Phi) is 3.65. The lowest BCUT2D eigenvalue weighted by molar-refractivity contribution is -0.394. The maximum Gasteiger partial charge on any atom is 0.490 e. The van der Waals surface area contributed by atoms with Crippen molar-refractivity contribution in [2.24, 2.45) is 0 Å². The monoisotopic (exact) mass is 307 g/mol. The molecule has 0 radical (unpaired) electrons. The molecule has 3 rings (SSSR count). The lowest BCUT2D eigenvalue weighted by Gasteiger charge is -2.23. The van der Waals surface area contributed by atoms with Crippen LogP contribution in [0.25, 0.3) is 0 Å². The number of carbonyl (C=O) groups excluding carboxylic acids is 1. The molecule has 0 aliphatic carbocycles. The number of hydrogen-bond acceptors (Lipinski definition) is 6. The van der Waals surface area contributed by atoms with E-state index in [1.807, 2.05) is 22.4 Å². The van der Waals surface area contributed by atoms with Crippen LogP contribution in [0.15, 0.2) is 23.8 Å². The van der Waals surface area contributed by atoms with Crippen LogP contribution in [0.3, 0.4) is 0 Å². The molecule has 0 spiro atoms. The third kappa shape index (κ3) is 2.77. The van der Waals surface area contributed by atoms with E-state index >= 15 is 0 Å². The summed E-state index contributed by atoms with van der Waals surface area (Å²) in [4.78, 5) is 28.8. The highest BCUT2D eigenvalue weighted by Gasteiger charge is 2.31. The SMILES string of the molecule is O=C(Cn1cnc([N+](=O)[O-])n1)N1CCC[C@@H]1c1cccs1. The van der Waals surface area contributed by atoms with E-state index in [0.29, 0.717) is 6.54 Å². The average Bonchev–Trinajstić information content (AvgIpc) is 3.19. The minimum atomic E-state index is -0.675. The molecule has 0 unspecified atom stereocenters. The smallest absolute Gasteiger partial charge is 0.390 e. The Labute approximate surface area is 124 Å². The summed E-state index contributed by atoms with van der Waals surface area (Å²) >= 11 is 1.64. The molecule has 21 heavy (non-hydrogen) atoms. The van der Waals surface area contributed by atoms with Crippen LogP contribution in [0.1, 0.15) is 23.8 Å². The molecular weight excluding hydrogens is 294 g/mol. The first kappa shape index (κ1) is 13.7. The fourth-order valence-corrected chi connectivity index (χ4v) is 3.39. The molecule has 1 fully saturated rings. The Balaban J connectivity index is 1.70.